The Hall–Kier alpha value is -1.47. The molecule has 104 valence electrons. The van der Waals surface area contributed by atoms with Gasteiger partial charge in [0.05, 0.1) is 0 Å². The number of hydrogen-bond acceptors (Lipinski definition) is 2. The summed E-state index contributed by atoms with van der Waals surface area (Å²) < 4.78 is 36.6. The van der Waals surface area contributed by atoms with Gasteiger partial charge < -0.3 is 15.1 Å². The molecule has 1 aliphatic heterocycles. The number of rotatable bonds is 3. The summed E-state index contributed by atoms with van der Waals surface area (Å²) in [5.74, 6) is -0.652. The molecule has 1 atom stereocenters. The van der Waals surface area contributed by atoms with Gasteiger partial charge in [-0.2, -0.15) is 13.2 Å². The molecule has 0 unspecified atom stereocenters. The molecule has 1 fully saturated rings. The van der Waals surface area contributed by atoms with Crippen LogP contribution >= 0.6 is 0 Å². The summed E-state index contributed by atoms with van der Waals surface area (Å²) in [6.07, 6.45) is -4.18. The molecule has 5 nitrogen and oxygen atoms in total. The summed E-state index contributed by atoms with van der Waals surface area (Å²) in [7, 11) is 1.41. The first-order chi connectivity index (χ1) is 8.26. The van der Waals surface area contributed by atoms with Gasteiger partial charge in [0.25, 0.3) is 0 Å². The molecule has 0 aliphatic carbocycles. The molecular weight excluding hydrogens is 251 g/mol. The lowest BCUT2D eigenvalue weighted by Gasteiger charge is -2.24. The molecule has 0 saturated carbocycles. The van der Waals surface area contributed by atoms with Crippen molar-refractivity contribution in [3.05, 3.63) is 0 Å². The summed E-state index contributed by atoms with van der Waals surface area (Å²) in [5.41, 5.74) is 0. The summed E-state index contributed by atoms with van der Waals surface area (Å²) in [6, 6.07) is -1.26. The average Bonchev–Trinajstić information content (AvgIpc) is 2.58. The first kappa shape index (κ1) is 14.6. The number of likely N-dealkylation sites (tertiary alicyclic amines) is 1. The van der Waals surface area contributed by atoms with Gasteiger partial charge in [0.15, 0.2) is 0 Å². The van der Waals surface area contributed by atoms with Gasteiger partial charge in [0.1, 0.15) is 12.6 Å². The van der Waals surface area contributed by atoms with E-state index in [0.29, 0.717) is 6.54 Å². The molecule has 8 heteroatoms. The third-order valence-corrected chi connectivity index (χ3v) is 2.76. The molecule has 0 aromatic carbocycles. The second-order valence-electron chi connectivity index (χ2n) is 4.13. The maximum absolute atomic E-state index is 12.2. The maximum atomic E-state index is 12.2. The Kier molecular flexibility index (Phi) is 4.42. The van der Waals surface area contributed by atoms with E-state index in [2.05, 4.69) is 5.32 Å². The van der Waals surface area contributed by atoms with Crippen LogP contribution in [0.5, 0.6) is 0 Å². The molecule has 18 heavy (non-hydrogen) atoms. The fourth-order valence-corrected chi connectivity index (χ4v) is 1.87. The van der Waals surface area contributed by atoms with Crippen molar-refractivity contribution in [2.45, 2.75) is 25.6 Å². The first-order valence-corrected chi connectivity index (χ1v) is 5.62. The van der Waals surface area contributed by atoms with Crippen LogP contribution in [-0.2, 0) is 4.79 Å². The van der Waals surface area contributed by atoms with Crippen LogP contribution in [0.3, 0.4) is 0 Å². The Balaban J connectivity index is 2.61. The minimum atomic E-state index is -4.41. The van der Waals surface area contributed by atoms with Gasteiger partial charge in [0.2, 0.25) is 5.91 Å². The number of carbonyl (C=O) groups excluding carboxylic acids is 2. The topological polar surface area (TPSA) is 52.7 Å². The standard InChI is InChI=1S/C10H16F3N3O2/c1-3-14-9(18)15(2)7-4-5-16(8(7)17)6-10(11,12)13/h7H,3-6H2,1-2H3,(H,14,18)/t7-/m0/s1. The minimum absolute atomic E-state index is 0.0206. The summed E-state index contributed by atoms with van der Waals surface area (Å²) in [4.78, 5) is 25.1. The number of carbonyl (C=O) groups is 2. The number of hydrogen-bond donors (Lipinski definition) is 1. The van der Waals surface area contributed by atoms with E-state index < -0.39 is 30.7 Å². The Morgan fingerprint density at radius 1 is 1.56 bits per heavy atom. The average molecular weight is 267 g/mol. The zero-order valence-electron chi connectivity index (χ0n) is 10.3. The van der Waals surface area contributed by atoms with E-state index in [4.69, 9.17) is 0 Å². The lowest BCUT2D eigenvalue weighted by Crippen LogP contribution is -2.48. The largest absolute Gasteiger partial charge is 0.406 e. The molecule has 0 radical (unpaired) electrons. The Labute approximate surface area is 103 Å². The highest BCUT2D eigenvalue weighted by Gasteiger charge is 2.41. The quantitative estimate of drug-likeness (QED) is 0.822. The number of amides is 3. The number of halogens is 3. The highest BCUT2D eigenvalue weighted by molar-refractivity contribution is 5.88. The summed E-state index contributed by atoms with van der Waals surface area (Å²) in [5, 5.41) is 2.50. The van der Waals surface area contributed by atoms with Crippen molar-refractivity contribution in [1.82, 2.24) is 15.1 Å². The van der Waals surface area contributed by atoms with Crippen LogP contribution in [0, 0.1) is 0 Å². The molecule has 0 bridgehead atoms. The lowest BCUT2D eigenvalue weighted by molar-refractivity contribution is -0.158. The lowest BCUT2D eigenvalue weighted by atomic mass is 10.2. The van der Waals surface area contributed by atoms with Crippen molar-refractivity contribution in [3.8, 4) is 0 Å². The highest BCUT2D eigenvalue weighted by atomic mass is 19.4. The number of nitrogens with one attached hydrogen (secondary N) is 1. The van der Waals surface area contributed by atoms with E-state index >= 15 is 0 Å². The third kappa shape index (κ3) is 3.51. The summed E-state index contributed by atoms with van der Waals surface area (Å²) >= 11 is 0. The number of alkyl halides is 3. The zero-order chi connectivity index (χ0) is 13.9. The molecular formula is C10H16F3N3O2. The fraction of sp³-hybridized carbons (Fsp3) is 0.800. The van der Waals surface area contributed by atoms with Crippen LogP contribution in [0.1, 0.15) is 13.3 Å². The normalized spacial score (nSPS) is 20.2. The van der Waals surface area contributed by atoms with Crippen molar-refractivity contribution in [3.63, 3.8) is 0 Å². The van der Waals surface area contributed by atoms with Gasteiger partial charge in [-0.1, -0.05) is 0 Å². The molecule has 1 heterocycles. The fourth-order valence-electron chi connectivity index (χ4n) is 1.87. The van der Waals surface area contributed by atoms with Gasteiger partial charge in [-0.05, 0) is 13.3 Å². The van der Waals surface area contributed by atoms with E-state index in [9.17, 15) is 22.8 Å². The van der Waals surface area contributed by atoms with Gasteiger partial charge in [-0.25, -0.2) is 4.79 Å². The second-order valence-corrected chi connectivity index (χ2v) is 4.13. The molecule has 0 aromatic heterocycles. The number of nitrogens with zero attached hydrogens (tertiary/aromatic N) is 2. The van der Waals surface area contributed by atoms with Crippen molar-refractivity contribution in [2.24, 2.45) is 0 Å². The SMILES string of the molecule is CCNC(=O)N(C)[C@H]1CCN(CC(F)(F)F)C1=O. The molecule has 3 amide bonds. The first-order valence-electron chi connectivity index (χ1n) is 5.62. The monoisotopic (exact) mass is 267 g/mol. The van der Waals surface area contributed by atoms with Crippen LogP contribution in [0.25, 0.3) is 0 Å². The summed E-state index contributed by atoms with van der Waals surface area (Å²) in [6.45, 7) is 0.882. The molecule has 0 spiro atoms. The van der Waals surface area contributed by atoms with E-state index in [0.717, 1.165) is 9.80 Å². The van der Waals surface area contributed by atoms with E-state index in [1.54, 1.807) is 6.92 Å². The minimum Gasteiger partial charge on any atom is -0.338 e. The predicted octanol–water partition coefficient (Wildman–Crippen LogP) is 0.811. The maximum Gasteiger partial charge on any atom is 0.406 e. The number of likely N-dealkylation sites (N-methyl/N-ethyl adjacent to an activating group) is 1. The molecule has 1 rings (SSSR count). The second kappa shape index (κ2) is 5.45. The van der Waals surface area contributed by atoms with Crippen LogP contribution in [0.15, 0.2) is 0 Å². The van der Waals surface area contributed by atoms with Gasteiger partial charge in [0, 0.05) is 20.1 Å². The van der Waals surface area contributed by atoms with Crippen molar-refractivity contribution in [1.29, 1.82) is 0 Å². The Morgan fingerprint density at radius 2 is 2.17 bits per heavy atom. The van der Waals surface area contributed by atoms with Crippen LogP contribution in [0.4, 0.5) is 18.0 Å². The molecule has 1 aliphatic rings. The van der Waals surface area contributed by atoms with Crippen LogP contribution in [-0.4, -0.2) is 60.6 Å². The van der Waals surface area contributed by atoms with Gasteiger partial charge >= 0.3 is 12.2 Å². The van der Waals surface area contributed by atoms with Gasteiger partial charge in [-0.15, -0.1) is 0 Å². The molecule has 1 N–H and O–H groups in total. The van der Waals surface area contributed by atoms with Crippen molar-refractivity contribution >= 4 is 11.9 Å². The van der Waals surface area contributed by atoms with E-state index in [1.807, 2.05) is 0 Å². The number of urea groups is 1. The van der Waals surface area contributed by atoms with E-state index in [1.165, 1.54) is 7.05 Å². The zero-order valence-corrected chi connectivity index (χ0v) is 10.3. The Morgan fingerprint density at radius 3 is 2.67 bits per heavy atom. The predicted molar refractivity (Wildman–Crippen MR) is 57.9 cm³/mol. The van der Waals surface area contributed by atoms with Gasteiger partial charge in [-0.3, -0.25) is 4.79 Å². The molecule has 0 aromatic rings. The Bertz CT molecular complexity index is 333. The van der Waals surface area contributed by atoms with Crippen molar-refractivity contribution in [2.75, 3.05) is 26.7 Å². The van der Waals surface area contributed by atoms with Crippen molar-refractivity contribution < 1.29 is 22.8 Å². The highest BCUT2D eigenvalue weighted by Crippen LogP contribution is 2.22. The molecule has 1 saturated heterocycles. The van der Waals surface area contributed by atoms with Crippen LogP contribution in [0.2, 0.25) is 0 Å². The van der Waals surface area contributed by atoms with E-state index in [-0.39, 0.29) is 13.0 Å². The van der Waals surface area contributed by atoms with Crippen LogP contribution < -0.4 is 5.32 Å². The smallest absolute Gasteiger partial charge is 0.338 e. The third-order valence-electron chi connectivity index (χ3n) is 2.76.